The minimum absolute atomic E-state index is 0.285. The van der Waals surface area contributed by atoms with Crippen molar-refractivity contribution in [2.24, 2.45) is 11.8 Å². The molecule has 2 rings (SSSR count). The Labute approximate surface area is 93.7 Å². The van der Waals surface area contributed by atoms with E-state index in [9.17, 15) is 4.79 Å². The maximum absolute atomic E-state index is 10.9. The van der Waals surface area contributed by atoms with Crippen LogP contribution in [0.5, 0.6) is 0 Å². The zero-order valence-electron chi connectivity index (χ0n) is 8.61. The Bertz CT molecular complexity index is 382. The van der Waals surface area contributed by atoms with Crippen molar-refractivity contribution in [3.63, 3.8) is 0 Å². The summed E-state index contributed by atoms with van der Waals surface area (Å²) in [6.07, 6.45) is 4.25. The van der Waals surface area contributed by atoms with E-state index in [1.54, 1.807) is 10.8 Å². The fraction of sp³-hybridized carbons (Fsp3) is 0.545. The number of carboxylic acid groups (broad SMARTS) is 1. The van der Waals surface area contributed by atoms with Crippen molar-refractivity contribution in [3.8, 4) is 0 Å². The third-order valence-electron chi connectivity index (χ3n) is 2.99. The molecule has 1 N–H and O–H groups in total. The van der Waals surface area contributed by atoms with Crippen LogP contribution < -0.4 is 0 Å². The average Bonchev–Trinajstić information content (AvgIpc) is 2.91. The minimum atomic E-state index is -0.912. The highest BCUT2D eigenvalue weighted by atomic mass is 35.5. The molecule has 0 aromatic carbocycles. The van der Waals surface area contributed by atoms with Crippen LogP contribution in [0.4, 0.5) is 0 Å². The molecule has 3 nitrogen and oxygen atoms in total. The zero-order chi connectivity index (χ0) is 11.0. The summed E-state index contributed by atoms with van der Waals surface area (Å²) in [7, 11) is 0. The molecule has 0 aliphatic heterocycles. The molecular weight excluding hydrogens is 214 g/mol. The highest BCUT2D eigenvalue weighted by Gasteiger charge is 2.28. The van der Waals surface area contributed by atoms with E-state index in [1.807, 2.05) is 0 Å². The molecule has 0 saturated heterocycles. The van der Waals surface area contributed by atoms with Crippen LogP contribution in [0.3, 0.4) is 0 Å². The van der Waals surface area contributed by atoms with E-state index in [4.69, 9.17) is 16.7 Å². The molecule has 0 bridgehead atoms. The number of carbonyl (C=O) groups is 1. The normalized spacial score (nSPS) is 17.7. The molecule has 15 heavy (non-hydrogen) atoms. The summed E-state index contributed by atoms with van der Waals surface area (Å²) in [4.78, 5) is 10.9. The van der Waals surface area contributed by atoms with E-state index in [0.29, 0.717) is 10.9 Å². The number of aromatic carboxylic acids is 1. The second-order valence-corrected chi connectivity index (χ2v) is 4.75. The van der Waals surface area contributed by atoms with Crippen molar-refractivity contribution in [2.75, 3.05) is 0 Å². The van der Waals surface area contributed by atoms with Gasteiger partial charge in [-0.25, -0.2) is 4.79 Å². The topological polar surface area (TPSA) is 42.2 Å². The van der Waals surface area contributed by atoms with E-state index in [-0.39, 0.29) is 5.69 Å². The second-order valence-electron chi connectivity index (χ2n) is 4.32. The van der Waals surface area contributed by atoms with Crippen LogP contribution in [-0.2, 0) is 6.54 Å². The van der Waals surface area contributed by atoms with Crippen molar-refractivity contribution >= 4 is 17.6 Å². The SMILES string of the molecule is CC(Cn1cc(Cl)cc1C(=O)O)C1CC1. The Balaban J connectivity index is 2.15. The van der Waals surface area contributed by atoms with Gasteiger partial charge in [0.25, 0.3) is 0 Å². The Morgan fingerprint density at radius 2 is 2.40 bits per heavy atom. The maximum atomic E-state index is 10.9. The first-order valence-electron chi connectivity index (χ1n) is 5.17. The lowest BCUT2D eigenvalue weighted by molar-refractivity contribution is 0.0684. The molecule has 1 aromatic heterocycles. The number of hydrogen-bond donors (Lipinski definition) is 1. The summed E-state index contributed by atoms with van der Waals surface area (Å²) in [5.74, 6) is 0.393. The number of hydrogen-bond acceptors (Lipinski definition) is 1. The van der Waals surface area contributed by atoms with E-state index in [0.717, 1.165) is 12.5 Å². The Morgan fingerprint density at radius 3 is 2.93 bits per heavy atom. The van der Waals surface area contributed by atoms with Gasteiger partial charge in [-0.2, -0.15) is 0 Å². The van der Waals surface area contributed by atoms with Gasteiger partial charge in [0.2, 0.25) is 0 Å². The van der Waals surface area contributed by atoms with Gasteiger partial charge in [-0.15, -0.1) is 0 Å². The van der Waals surface area contributed by atoms with E-state index >= 15 is 0 Å². The average molecular weight is 228 g/mol. The van der Waals surface area contributed by atoms with E-state index in [1.165, 1.54) is 18.9 Å². The highest BCUT2D eigenvalue weighted by molar-refractivity contribution is 6.30. The van der Waals surface area contributed by atoms with Gasteiger partial charge in [-0.05, 0) is 30.7 Å². The van der Waals surface area contributed by atoms with Crippen LogP contribution in [0.2, 0.25) is 5.02 Å². The van der Waals surface area contributed by atoms with Crippen molar-refractivity contribution < 1.29 is 9.90 Å². The minimum Gasteiger partial charge on any atom is -0.477 e. The summed E-state index contributed by atoms with van der Waals surface area (Å²) in [6, 6.07) is 1.50. The van der Waals surface area contributed by atoms with Crippen LogP contribution in [0.15, 0.2) is 12.3 Å². The molecule has 82 valence electrons. The quantitative estimate of drug-likeness (QED) is 0.860. The number of halogens is 1. The Kier molecular flexibility index (Phi) is 2.74. The van der Waals surface area contributed by atoms with Gasteiger partial charge in [0, 0.05) is 12.7 Å². The summed E-state index contributed by atoms with van der Waals surface area (Å²) >= 11 is 5.80. The molecule has 1 aromatic rings. The van der Waals surface area contributed by atoms with E-state index < -0.39 is 5.97 Å². The van der Waals surface area contributed by atoms with Gasteiger partial charge in [0.05, 0.1) is 5.02 Å². The third-order valence-corrected chi connectivity index (χ3v) is 3.20. The number of rotatable bonds is 4. The first-order valence-corrected chi connectivity index (χ1v) is 5.54. The fourth-order valence-corrected chi connectivity index (χ4v) is 2.15. The van der Waals surface area contributed by atoms with Crippen molar-refractivity contribution in [1.29, 1.82) is 0 Å². The van der Waals surface area contributed by atoms with Crippen LogP contribution >= 0.6 is 11.6 Å². The molecule has 1 fully saturated rings. The molecule has 1 heterocycles. The van der Waals surface area contributed by atoms with Gasteiger partial charge in [0.1, 0.15) is 5.69 Å². The largest absolute Gasteiger partial charge is 0.477 e. The first kappa shape index (κ1) is 10.6. The molecule has 1 atom stereocenters. The molecule has 1 saturated carbocycles. The molecular formula is C11H14ClNO2. The lowest BCUT2D eigenvalue weighted by Crippen LogP contribution is -2.13. The predicted molar refractivity (Wildman–Crippen MR) is 58.3 cm³/mol. The smallest absolute Gasteiger partial charge is 0.352 e. The van der Waals surface area contributed by atoms with Crippen LogP contribution in [0.25, 0.3) is 0 Å². The number of carboxylic acids is 1. The standard InChI is InChI=1S/C11H14ClNO2/c1-7(8-2-3-8)5-13-6-9(12)4-10(13)11(14)15/h4,6-8H,2-3,5H2,1H3,(H,14,15). The zero-order valence-corrected chi connectivity index (χ0v) is 9.37. The number of aromatic nitrogens is 1. The van der Waals surface area contributed by atoms with Gasteiger partial charge in [0.15, 0.2) is 0 Å². The second kappa shape index (κ2) is 3.89. The fourth-order valence-electron chi connectivity index (χ4n) is 1.93. The summed E-state index contributed by atoms with van der Waals surface area (Å²) in [5, 5.41) is 9.46. The Morgan fingerprint density at radius 1 is 1.73 bits per heavy atom. The third kappa shape index (κ3) is 2.34. The van der Waals surface area contributed by atoms with Gasteiger partial charge < -0.3 is 9.67 Å². The highest BCUT2D eigenvalue weighted by Crippen LogP contribution is 2.37. The van der Waals surface area contributed by atoms with Crippen molar-refractivity contribution in [1.82, 2.24) is 4.57 Å². The molecule has 1 unspecified atom stereocenters. The van der Waals surface area contributed by atoms with Gasteiger partial charge in [-0.3, -0.25) is 0 Å². The van der Waals surface area contributed by atoms with Crippen LogP contribution in [0, 0.1) is 11.8 Å². The lowest BCUT2D eigenvalue weighted by Gasteiger charge is -2.12. The van der Waals surface area contributed by atoms with Crippen LogP contribution in [-0.4, -0.2) is 15.6 Å². The maximum Gasteiger partial charge on any atom is 0.352 e. The van der Waals surface area contributed by atoms with Crippen LogP contribution in [0.1, 0.15) is 30.3 Å². The molecule has 0 amide bonds. The molecule has 1 aliphatic carbocycles. The lowest BCUT2D eigenvalue weighted by atomic mass is 10.1. The van der Waals surface area contributed by atoms with Gasteiger partial charge >= 0.3 is 5.97 Å². The summed E-state index contributed by atoms with van der Waals surface area (Å²) in [6.45, 7) is 2.91. The molecule has 0 spiro atoms. The first-order chi connectivity index (χ1) is 7.08. The van der Waals surface area contributed by atoms with Crippen molar-refractivity contribution in [2.45, 2.75) is 26.3 Å². The number of nitrogens with zero attached hydrogens (tertiary/aromatic N) is 1. The molecule has 4 heteroatoms. The Hall–Kier alpha value is -0.960. The van der Waals surface area contributed by atoms with Crippen molar-refractivity contribution in [3.05, 3.63) is 23.0 Å². The monoisotopic (exact) mass is 227 g/mol. The summed E-state index contributed by atoms with van der Waals surface area (Å²) < 4.78 is 1.74. The predicted octanol–water partition coefficient (Wildman–Crippen LogP) is 2.89. The van der Waals surface area contributed by atoms with Gasteiger partial charge in [-0.1, -0.05) is 18.5 Å². The molecule has 1 aliphatic rings. The summed E-state index contributed by atoms with van der Waals surface area (Å²) in [5.41, 5.74) is 0.285. The van der Waals surface area contributed by atoms with E-state index in [2.05, 4.69) is 6.92 Å². The molecule has 0 radical (unpaired) electrons.